The zero-order chi connectivity index (χ0) is 23.7. The number of carbonyl (C=O) groups excluding carboxylic acids is 1. The van der Waals surface area contributed by atoms with E-state index >= 15 is 0 Å². The molecule has 7 nitrogen and oxygen atoms in total. The fraction of sp³-hybridized carbons (Fsp3) is 0.259. The van der Waals surface area contributed by atoms with Crippen molar-refractivity contribution < 1.29 is 9.53 Å². The smallest absolute Gasteiger partial charge is 0.254 e. The van der Waals surface area contributed by atoms with Crippen LogP contribution >= 0.6 is 0 Å². The maximum absolute atomic E-state index is 13.8. The first-order valence-corrected chi connectivity index (χ1v) is 11.4. The van der Waals surface area contributed by atoms with E-state index in [1.807, 2.05) is 36.9 Å². The van der Waals surface area contributed by atoms with Gasteiger partial charge in [0.25, 0.3) is 5.91 Å². The van der Waals surface area contributed by atoms with Gasteiger partial charge in [-0.15, -0.1) is 0 Å². The summed E-state index contributed by atoms with van der Waals surface area (Å²) < 4.78 is 5.31. The zero-order valence-corrected chi connectivity index (χ0v) is 19.3. The predicted molar refractivity (Wildman–Crippen MR) is 131 cm³/mol. The van der Waals surface area contributed by atoms with Gasteiger partial charge in [-0.3, -0.25) is 4.79 Å². The van der Waals surface area contributed by atoms with Gasteiger partial charge in [0, 0.05) is 35.8 Å². The van der Waals surface area contributed by atoms with Crippen molar-refractivity contribution in [2.24, 2.45) is 0 Å². The molecule has 1 saturated heterocycles. The Hall–Kier alpha value is -3.84. The van der Waals surface area contributed by atoms with Crippen LogP contribution in [0.3, 0.4) is 0 Å². The van der Waals surface area contributed by atoms with Crippen LogP contribution in [0.2, 0.25) is 0 Å². The van der Waals surface area contributed by atoms with Crippen molar-refractivity contribution in [1.29, 1.82) is 0 Å². The van der Waals surface area contributed by atoms with Gasteiger partial charge in [0.15, 0.2) is 0 Å². The minimum absolute atomic E-state index is 0.0900. The number of nitrogens with two attached hydrogens (primary N) is 1. The third kappa shape index (κ3) is 4.34. The third-order valence-electron chi connectivity index (χ3n) is 6.42. The number of benzene rings is 2. The Bertz CT molecular complexity index is 1320. The number of nitrogens with zero attached hydrogens (tertiary/aromatic N) is 4. The van der Waals surface area contributed by atoms with E-state index in [-0.39, 0.29) is 11.9 Å². The Morgan fingerprint density at radius 2 is 1.85 bits per heavy atom. The summed E-state index contributed by atoms with van der Waals surface area (Å²) in [4.78, 5) is 28.8. The predicted octanol–water partition coefficient (Wildman–Crippen LogP) is 4.43. The van der Waals surface area contributed by atoms with Gasteiger partial charge in [-0.05, 0) is 60.9 Å². The number of amides is 1. The van der Waals surface area contributed by atoms with E-state index in [0.29, 0.717) is 29.7 Å². The highest BCUT2D eigenvalue weighted by atomic mass is 16.5. The molecule has 1 aliphatic rings. The number of hydrogen-bond acceptors (Lipinski definition) is 6. The van der Waals surface area contributed by atoms with Crippen LogP contribution in [0.4, 0.5) is 5.82 Å². The summed E-state index contributed by atoms with van der Waals surface area (Å²) in [5.41, 5.74) is 10.5. The number of rotatable bonds is 6. The van der Waals surface area contributed by atoms with E-state index in [1.165, 1.54) is 5.56 Å². The van der Waals surface area contributed by atoms with E-state index in [9.17, 15) is 4.79 Å². The highest BCUT2D eigenvalue weighted by Gasteiger charge is 2.26. The summed E-state index contributed by atoms with van der Waals surface area (Å²) in [6.45, 7) is 5.86. The number of pyridine rings is 1. The van der Waals surface area contributed by atoms with Crippen LogP contribution in [0.15, 0.2) is 67.0 Å². The van der Waals surface area contributed by atoms with Crippen molar-refractivity contribution in [1.82, 2.24) is 19.9 Å². The first kappa shape index (κ1) is 22.0. The second kappa shape index (κ2) is 9.19. The van der Waals surface area contributed by atoms with Crippen LogP contribution in [0.5, 0.6) is 0 Å². The minimum atomic E-state index is -0.310. The molecule has 7 heteroatoms. The van der Waals surface area contributed by atoms with Crippen LogP contribution in [-0.4, -0.2) is 39.0 Å². The maximum atomic E-state index is 13.8. The van der Waals surface area contributed by atoms with E-state index < -0.39 is 0 Å². The van der Waals surface area contributed by atoms with E-state index in [0.717, 1.165) is 35.2 Å². The van der Waals surface area contributed by atoms with Gasteiger partial charge in [-0.2, -0.15) is 0 Å². The number of ether oxygens (including phenoxy) is 1. The fourth-order valence-electron chi connectivity index (χ4n) is 4.17. The van der Waals surface area contributed by atoms with Crippen LogP contribution in [-0.2, 0) is 11.3 Å². The Balaban J connectivity index is 1.47. The fourth-order valence-corrected chi connectivity index (χ4v) is 4.17. The summed E-state index contributed by atoms with van der Waals surface area (Å²) in [7, 11) is 0. The molecule has 0 spiro atoms. The first-order chi connectivity index (χ1) is 16.5. The summed E-state index contributed by atoms with van der Waals surface area (Å²) in [5, 5.41) is 0.883. The van der Waals surface area contributed by atoms with Crippen molar-refractivity contribution in [3.63, 3.8) is 0 Å². The largest absolute Gasteiger partial charge is 0.383 e. The Morgan fingerprint density at radius 1 is 1.12 bits per heavy atom. The quantitative estimate of drug-likeness (QED) is 0.464. The molecule has 2 aromatic heterocycles. The summed E-state index contributed by atoms with van der Waals surface area (Å²) in [6, 6.07) is 17.4. The molecule has 1 amide bonds. The Morgan fingerprint density at radius 3 is 2.53 bits per heavy atom. The molecule has 0 radical (unpaired) electrons. The van der Waals surface area contributed by atoms with Crippen molar-refractivity contribution in [2.45, 2.75) is 32.4 Å². The van der Waals surface area contributed by atoms with Crippen molar-refractivity contribution in [3.05, 3.63) is 95.1 Å². The SMILES string of the molecule is Cc1cc2cc(C(=O)N(Cc3ccc(C4COC4)cc3)[C@@H](C)c3ncccn3)ccc2nc1N. The summed E-state index contributed by atoms with van der Waals surface area (Å²) in [5.74, 6) is 1.48. The lowest BCUT2D eigenvalue weighted by Gasteiger charge is -2.29. The molecule has 2 aromatic carbocycles. The molecule has 1 aliphatic heterocycles. The van der Waals surface area contributed by atoms with Crippen LogP contribution in [0.1, 0.15) is 51.8 Å². The van der Waals surface area contributed by atoms with Gasteiger partial charge in [0.05, 0.1) is 24.8 Å². The van der Waals surface area contributed by atoms with Crippen molar-refractivity contribution >= 4 is 22.6 Å². The van der Waals surface area contributed by atoms with Crippen LogP contribution < -0.4 is 5.73 Å². The number of aryl methyl sites for hydroxylation is 1. The molecule has 1 fully saturated rings. The van der Waals surface area contributed by atoms with Crippen LogP contribution in [0, 0.1) is 6.92 Å². The molecule has 0 saturated carbocycles. The van der Waals surface area contributed by atoms with E-state index in [4.69, 9.17) is 10.5 Å². The molecule has 5 rings (SSSR count). The molecule has 34 heavy (non-hydrogen) atoms. The van der Waals surface area contributed by atoms with E-state index in [1.54, 1.807) is 24.5 Å². The highest BCUT2D eigenvalue weighted by Crippen LogP contribution is 2.27. The van der Waals surface area contributed by atoms with Crippen molar-refractivity contribution in [3.8, 4) is 0 Å². The molecule has 0 aliphatic carbocycles. The highest BCUT2D eigenvalue weighted by molar-refractivity contribution is 5.98. The van der Waals surface area contributed by atoms with Gasteiger partial charge in [-0.1, -0.05) is 24.3 Å². The second-order valence-electron chi connectivity index (χ2n) is 8.79. The van der Waals surface area contributed by atoms with Crippen LogP contribution in [0.25, 0.3) is 10.9 Å². The number of nitrogen functional groups attached to an aromatic ring is 1. The summed E-state index contributed by atoms with van der Waals surface area (Å²) in [6.07, 6.45) is 3.40. The zero-order valence-electron chi connectivity index (χ0n) is 19.3. The lowest BCUT2D eigenvalue weighted by Crippen LogP contribution is -2.34. The lowest BCUT2D eigenvalue weighted by atomic mass is 9.96. The normalized spacial score (nSPS) is 14.5. The Kier molecular flexibility index (Phi) is 5.94. The summed E-state index contributed by atoms with van der Waals surface area (Å²) >= 11 is 0. The molecular formula is C27H27N5O2. The lowest BCUT2D eigenvalue weighted by molar-refractivity contribution is 0.00841. The number of fused-ring (bicyclic) bond motifs is 1. The minimum Gasteiger partial charge on any atom is -0.383 e. The topological polar surface area (TPSA) is 94.2 Å². The number of hydrogen-bond donors (Lipinski definition) is 1. The Labute approximate surface area is 198 Å². The number of anilines is 1. The van der Waals surface area contributed by atoms with Gasteiger partial charge in [0.2, 0.25) is 0 Å². The van der Waals surface area contributed by atoms with Gasteiger partial charge in [0.1, 0.15) is 11.6 Å². The monoisotopic (exact) mass is 453 g/mol. The average molecular weight is 454 g/mol. The average Bonchev–Trinajstić information content (AvgIpc) is 2.82. The molecule has 3 heterocycles. The molecule has 0 unspecified atom stereocenters. The molecule has 4 aromatic rings. The standard InChI is InChI=1S/C27H27N5O2/c1-17-12-22-13-21(8-9-24(22)31-25(17)28)27(33)32(18(2)26-29-10-3-11-30-26)14-19-4-6-20(7-5-19)23-15-34-16-23/h3-13,18,23H,14-16H2,1-2H3,(H2,28,31)/t18-/m0/s1. The van der Waals surface area contributed by atoms with E-state index in [2.05, 4.69) is 39.2 Å². The molecule has 1 atom stereocenters. The third-order valence-corrected chi connectivity index (χ3v) is 6.42. The first-order valence-electron chi connectivity index (χ1n) is 11.4. The molecule has 172 valence electrons. The number of aromatic nitrogens is 3. The molecule has 0 bridgehead atoms. The van der Waals surface area contributed by atoms with Gasteiger partial charge in [-0.25, -0.2) is 15.0 Å². The van der Waals surface area contributed by atoms with Crippen molar-refractivity contribution in [2.75, 3.05) is 18.9 Å². The molecule has 2 N–H and O–H groups in total. The molecular weight excluding hydrogens is 426 g/mol. The van der Waals surface area contributed by atoms with Gasteiger partial charge < -0.3 is 15.4 Å². The number of carbonyl (C=O) groups is 1. The second-order valence-corrected chi connectivity index (χ2v) is 8.79. The maximum Gasteiger partial charge on any atom is 0.254 e. The van der Waals surface area contributed by atoms with Gasteiger partial charge >= 0.3 is 0 Å².